The Labute approximate surface area is 138 Å². The van der Waals surface area contributed by atoms with Crippen molar-refractivity contribution in [2.45, 2.75) is 19.9 Å². The molecule has 7 heteroatoms. The maximum absolute atomic E-state index is 12.2. The summed E-state index contributed by atoms with van der Waals surface area (Å²) in [6.45, 7) is 2.13. The molecule has 2 aromatic carbocycles. The molecule has 0 fully saturated rings. The Kier molecular flexibility index (Phi) is 4.33. The molecule has 0 saturated carbocycles. The number of hydrogen-bond donors (Lipinski definition) is 1. The zero-order valence-corrected chi connectivity index (χ0v) is 13.1. The molecule has 0 atom stereocenters. The second-order valence-electron chi connectivity index (χ2n) is 5.42. The lowest BCUT2D eigenvalue weighted by molar-refractivity contribution is -0.385. The maximum Gasteiger partial charge on any atom is 0.272 e. The van der Waals surface area contributed by atoms with Gasteiger partial charge >= 0.3 is 0 Å². The van der Waals surface area contributed by atoms with Crippen molar-refractivity contribution in [2.75, 3.05) is 6.79 Å². The molecular weight excluding hydrogens is 312 g/mol. The van der Waals surface area contributed by atoms with E-state index in [4.69, 9.17) is 9.47 Å². The van der Waals surface area contributed by atoms with Crippen molar-refractivity contribution >= 4 is 11.6 Å². The summed E-state index contributed by atoms with van der Waals surface area (Å²) in [7, 11) is 0. The fourth-order valence-corrected chi connectivity index (χ4v) is 2.62. The summed E-state index contributed by atoms with van der Waals surface area (Å²) < 4.78 is 10.7. The minimum atomic E-state index is -0.443. The number of carbonyl (C=O) groups excluding carboxylic acids is 1. The number of amides is 1. The minimum absolute atomic E-state index is 0.0201. The van der Waals surface area contributed by atoms with Crippen LogP contribution < -0.4 is 14.8 Å². The summed E-state index contributed by atoms with van der Waals surface area (Å²) in [4.78, 5) is 22.7. The van der Waals surface area contributed by atoms with Gasteiger partial charge in [-0.2, -0.15) is 0 Å². The molecule has 24 heavy (non-hydrogen) atoms. The van der Waals surface area contributed by atoms with Crippen molar-refractivity contribution in [1.82, 2.24) is 5.32 Å². The number of rotatable bonds is 5. The number of ether oxygens (including phenoxy) is 2. The number of benzene rings is 2. The van der Waals surface area contributed by atoms with Gasteiger partial charge in [-0.25, -0.2) is 0 Å². The molecular formula is C17H16N2O5. The quantitative estimate of drug-likeness (QED) is 0.672. The van der Waals surface area contributed by atoms with Crippen LogP contribution in [0.15, 0.2) is 36.4 Å². The third kappa shape index (κ3) is 3.15. The van der Waals surface area contributed by atoms with Gasteiger partial charge in [-0.05, 0) is 18.6 Å². The second kappa shape index (κ2) is 6.57. The van der Waals surface area contributed by atoms with Gasteiger partial charge in [-0.1, -0.05) is 24.3 Å². The molecule has 1 heterocycles. The van der Waals surface area contributed by atoms with E-state index in [9.17, 15) is 14.9 Å². The number of hydrogen-bond acceptors (Lipinski definition) is 5. The van der Waals surface area contributed by atoms with E-state index in [1.165, 1.54) is 6.07 Å². The van der Waals surface area contributed by atoms with Gasteiger partial charge in [0.05, 0.1) is 11.3 Å². The van der Waals surface area contributed by atoms with Gasteiger partial charge in [0.15, 0.2) is 11.5 Å². The standard InChI is InChI=1S/C17H16N2O5/c1-11-12(4-2-6-14(11)19(21)22)8-16(20)18-9-13-5-3-7-15-17(13)24-10-23-15/h2-7H,8-10H2,1H3,(H,18,20). The number of nitro groups is 1. The average molecular weight is 328 g/mol. The summed E-state index contributed by atoms with van der Waals surface area (Å²) in [6, 6.07) is 10.2. The van der Waals surface area contributed by atoms with E-state index in [2.05, 4.69) is 5.32 Å². The highest BCUT2D eigenvalue weighted by molar-refractivity contribution is 5.79. The van der Waals surface area contributed by atoms with Crippen LogP contribution in [0.1, 0.15) is 16.7 Å². The minimum Gasteiger partial charge on any atom is -0.454 e. The second-order valence-corrected chi connectivity index (χ2v) is 5.42. The average Bonchev–Trinajstić information content (AvgIpc) is 3.03. The molecule has 0 spiro atoms. The van der Waals surface area contributed by atoms with Gasteiger partial charge in [-0.3, -0.25) is 14.9 Å². The van der Waals surface area contributed by atoms with E-state index < -0.39 is 4.92 Å². The number of carbonyl (C=O) groups is 1. The molecule has 0 bridgehead atoms. The van der Waals surface area contributed by atoms with Crippen LogP contribution in [-0.4, -0.2) is 17.6 Å². The fourth-order valence-electron chi connectivity index (χ4n) is 2.62. The first-order valence-electron chi connectivity index (χ1n) is 7.43. The molecule has 1 N–H and O–H groups in total. The van der Waals surface area contributed by atoms with Crippen LogP contribution in [0.25, 0.3) is 0 Å². The smallest absolute Gasteiger partial charge is 0.272 e. The third-order valence-corrected chi connectivity index (χ3v) is 3.92. The first-order chi connectivity index (χ1) is 11.6. The lowest BCUT2D eigenvalue weighted by Gasteiger charge is -2.09. The predicted molar refractivity (Wildman–Crippen MR) is 85.9 cm³/mol. The van der Waals surface area contributed by atoms with Gasteiger partial charge in [-0.15, -0.1) is 0 Å². The highest BCUT2D eigenvalue weighted by atomic mass is 16.7. The van der Waals surface area contributed by atoms with Crippen LogP contribution in [0.2, 0.25) is 0 Å². The molecule has 2 aromatic rings. The third-order valence-electron chi connectivity index (χ3n) is 3.92. The van der Waals surface area contributed by atoms with Gasteiger partial charge in [0, 0.05) is 23.7 Å². The Balaban J connectivity index is 1.66. The number of para-hydroxylation sites is 1. The molecule has 0 aliphatic carbocycles. The molecule has 1 amide bonds. The van der Waals surface area contributed by atoms with Crippen molar-refractivity contribution in [3.05, 3.63) is 63.2 Å². The number of nitrogens with zero attached hydrogens (tertiary/aromatic N) is 1. The number of nitrogens with one attached hydrogen (secondary N) is 1. The van der Waals surface area contributed by atoms with Crippen LogP contribution in [0, 0.1) is 17.0 Å². The summed E-state index contributed by atoms with van der Waals surface area (Å²) in [5.41, 5.74) is 2.00. The normalized spacial score (nSPS) is 12.0. The van der Waals surface area contributed by atoms with E-state index in [1.54, 1.807) is 25.1 Å². The van der Waals surface area contributed by atoms with Crippen molar-refractivity contribution < 1.29 is 19.2 Å². The van der Waals surface area contributed by atoms with Crippen LogP contribution in [0.5, 0.6) is 11.5 Å². The Morgan fingerprint density at radius 3 is 2.75 bits per heavy atom. The molecule has 1 aliphatic heterocycles. The molecule has 3 rings (SSSR count). The first kappa shape index (κ1) is 15.8. The Morgan fingerprint density at radius 1 is 1.21 bits per heavy atom. The van der Waals surface area contributed by atoms with Crippen molar-refractivity contribution in [1.29, 1.82) is 0 Å². The van der Waals surface area contributed by atoms with Crippen LogP contribution in [-0.2, 0) is 17.8 Å². The van der Waals surface area contributed by atoms with E-state index in [1.807, 2.05) is 12.1 Å². The molecule has 0 aromatic heterocycles. The maximum atomic E-state index is 12.2. The zero-order valence-electron chi connectivity index (χ0n) is 13.1. The summed E-state index contributed by atoms with van der Waals surface area (Å²) in [5, 5.41) is 13.8. The van der Waals surface area contributed by atoms with Crippen molar-refractivity contribution in [3.63, 3.8) is 0 Å². The summed E-state index contributed by atoms with van der Waals surface area (Å²) in [6.07, 6.45) is 0.0832. The SMILES string of the molecule is Cc1c(CC(=O)NCc2cccc3c2OCO3)cccc1[N+](=O)[O-]. The molecule has 124 valence electrons. The van der Waals surface area contributed by atoms with Crippen molar-refractivity contribution in [2.24, 2.45) is 0 Å². The Bertz CT molecular complexity index is 804. The monoisotopic (exact) mass is 328 g/mol. The lowest BCUT2D eigenvalue weighted by atomic mass is 10.0. The molecule has 0 unspecified atom stereocenters. The van der Waals surface area contributed by atoms with Crippen LogP contribution >= 0.6 is 0 Å². The Morgan fingerprint density at radius 2 is 1.96 bits per heavy atom. The molecule has 7 nitrogen and oxygen atoms in total. The van der Waals surface area contributed by atoms with E-state index in [0.717, 1.165) is 5.56 Å². The topological polar surface area (TPSA) is 90.7 Å². The summed E-state index contributed by atoms with van der Waals surface area (Å²) in [5.74, 6) is 1.09. The molecule has 0 radical (unpaired) electrons. The summed E-state index contributed by atoms with van der Waals surface area (Å²) >= 11 is 0. The zero-order chi connectivity index (χ0) is 17.1. The predicted octanol–water partition coefficient (Wildman–Crippen LogP) is 2.49. The molecule has 1 aliphatic rings. The van der Waals surface area contributed by atoms with Crippen LogP contribution in [0.4, 0.5) is 5.69 Å². The van der Waals surface area contributed by atoms with Gasteiger partial charge in [0.25, 0.3) is 5.69 Å². The Hall–Kier alpha value is -3.09. The largest absolute Gasteiger partial charge is 0.454 e. The van der Waals surface area contributed by atoms with E-state index >= 15 is 0 Å². The highest BCUT2D eigenvalue weighted by Gasteiger charge is 2.18. The first-order valence-corrected chi connectivity index (χ1v) is 7.43. The highest BCUT2D eigenvalue weighted by Crippen LogP contribution is 2.35. The van der Waals surface area contributed by atoms with Gasteiger partial charge in [0.1, 0.15) is 0 Å². The van der Waals surface area contributed by atoms with E-state index in [0.29, 0.717) is 29.2 Å². The molecule has 0 saturated heterocycles. The van der Waals surface area contributed by atoms with Crippen molar-refractivity contribution in [3.8, 4) is 11.5 Å². The lowest BCUT2D eigenvalue weighted by Crippen LogP contribution is -2.25. The number of nitro benzene ring substituents is 1. The fraction of sp³-hybridized carbons (Fsp3) is 0.235. The number of fused-ring (bicyclic) bond motifs is 1. The van der Waals surface area contributed by atoms with E-state index in [-0.39, 0.29) is 24.8 Å². The van der Waals surface area contributed by atoms with Gasteiger partial charge in [0.2, 0.25) is 12.7 Å². The van der Waals surface area contributed by atoms with Crippen LogP contribution in [0.3, 0.4) is 0 Å². The van der Waals surface area contributed by atoms with Gasteiger partial charge < -0.3 is 14.8 Å².